The topological polar surface area (TPSA) is 87.7 Å². The van der Waals surface area contributed by atoms with Crippen molar-refractivity contribution in [3.05, 3.63) is 0 Å². The van der Waals surface area contributed by atoms with Crippen LogP contribution < -0.4 is 10.6 Å². The maximum atomic E-state index is 11.4. The van der Waals surface area contributed by atoms with Gasteiger partial charge in [0.05, 0.1) is 6.54 Å². The molecule has 17 heavy (non-hydrogen) atoms. The summed E-state index contributed by atoms with van der Waals surface area (Å²) in [7, 11) is 1.29. The summed E-state index contributed by atoms with van der Waals surface area (Å²) < 4.78 is 4.63. The third kappa shape index (κ3) is 7.06. The van der Waals surface area contributed by atoms with Crippen LogP contribution in [0.5, 0.6) is 0 Å². The number of hydrogen-bond acceptors (Lipinski definition) is 4. The smallest absolute Gasteiger partial charge is 0.334 e. The number of rotatable bonds is 7. The molecule has 6 nitrogen and oxygen atoms in total. The third-order valence-corrected chi connectivity index (χ3v) is 3.48. The number of carboxylic acid groups (broad SMARTS) is 1. The van der Waals surface area contributed by atoms with Crippen LogP contribution in [0.2, 0.25) is 0 Å². The SMILES string of the molecule is COC(CNC(=O)NCC(C)(C)SC)C(=O)O. The van der Waals surface area contributed by atoms with Crippen molar-refractivity contribution in [2.45, 2.75) is 24.7 Å². The number of methoxy groups -OCH3 is 1. The number of aliphatic carboxylic acids is 1. The number of thioether (sulfide) groups is 1. The van der Waals surface area contributed by atoms with E-state index < -0.39 is 18.1 Å². The van der Waals surface area contributed by atoms with Crippen molar-refractivity contribution in [1.82, 2.24) is 10.6 Å². The highest BCUT2D eigenvalue weighted by molar-refractivity contribution is 7.99. The molecule has 0 heterocycles. The molecule has 0 fully saturated rings. The van der Waals surface area contributed by atoms with Gasteiger partial charge in [-0.15, -0.1) is 0 Å². The van der Waals surface area contributed by atoms with E-state index in [-0.39, 0.29) is 11.3 Å². The summed E-state index contributed by atoms with van der Waals surface area (Å²) >= 11 is 1.64. The van der Waals surface area contributed by atoms with Crippen molar-refractivity contribution in [2.75, 3.05) is 26.5 Å². The Kier molecular flexibility index (Phi) is 6.98. The van der Waals surface area contributed by atoms with Crippen molar-refractivity contribution >= 4 is 23.8 Å². The van der Waals surface area contributed by atoms with Crippen LogP contribution in [-0.2, 0) is 9.53 Å². The van der Waals surface area contributed by atoms with Gasteiger partial charge in [-0.3, -0.25) is 0 Å². The quantitative estimate of drug-likeness (QED) is 0.624. The molecule has 1 unspecified atom stereocenters. The van der Waals surface area contributed by atoms with Crippen molar-refractivity contribution in [3.63, 3.8) is 0 Å². The molecule has 0 saturated heterocycles. The second kappa shape index (κ2) is 7.39. The van der Waals surface area contributed by atoms with Gasteiger partial charge in [0, 0.05) is 18.4 Å². The molecular formula is C10H20N2O4S. The van der Waals surface area contributed by atoms with E-state index in [2.05, 4.69) is 15.4 Å². The summed E-state index contributed by atoms with van der Waals surface area (Å²) in [6.45, 7) is 4.46. The number of hydrogen-bond donors (Lipinski definition) is 3. The first-order valence-electron chi connectivity index (χ1n) is 5.15. The van der Waals surface area contributed by atoms with Crippen molar-refractivity contribution in [2.24, 2.45) is 0 Å². The molecule has 0 aliphatic carbocycles. The van der Waals surface area contributed by atoms with E-state index in [1.807, 2.05) is 20.1 Å². The van der Waals surface area contributed by atoms with Gasteiger partial charge in [0.15, 0.2) is 6.10 Å². The van der Waals surface area contributed by atoms with Crippen molar-refractivity contribution < 1.29 is 19.4 Å². The number of carbonyl (C=O) groups is 2. The van der Waals surface area contributed by atoms with Gasteiger partial charge in [0.2, 0.25) is 0 Å². The van der Waals surface area contributed by atoms with E-state index in [0.717, 1.165) is 0 Å². The molecule has 2 amide bonds. The van der Waals surface area contributed by atoms with Crippen LogP contribution in [0.3, 0.4) is 0 Å². The van der Waals surface area contributed by atoms with E-state index in [4.69, 9.17) is 5.11 Å². The largest absolute Gasteiger partial charge is 0.479 e. The lowest BCUT2D eigenvalue weighted by atomic mass is 10.2. The zero-order valence-corrected chi connectivity index (χ0v) is 11.4. The molecule has 0 aromatic carbocycles. The number of carboxylic acids is 1. The van der Waals surface area contributed by atoms with Gasteiger partial charge in [-0.2, -0.15) is 11.8 Å². The fourth-order valence-corrected chi connectivity index (χ4v) is 1.10. The van der Waals surface area contributed by atoms with E-state index in [9.17, 15) is 9.59 Å². The fraction of sp³-hybridized carbons (Fsp3) is 0.800. The number of ether oxygens (including phenoxy) is 1. The van der Waals surface area contributed by atoms with Gasteiger partial charge < -0.3 is 20.5 Å². The summed E-state index contributed by atoms with van der Waals surface area (Å²) in [5, 5.41) is 13.8. The maximum absolute atomic E-state index is 11.4. The standard InChI is InChI=1S/C10H20N2O4S/c1-10(2,17-4)6-12-9(15)11-5-7(16-3)8(13)14/h7H,5-6H2,1-4H3,(H,13,14)(H2,11,12,15). The van der Waals surface area contributed by atoms with Crippen LogP contribution in [-0.4, -0.2) is 54.4 Å². The molecular weight excluding hydrogens is 244 g/mol. The van der Waals surface area contributed by atoms with Crippen LogP contribution >= 0.6 is 11.8 Å². The first-order chi connectivity index (χ1) is 7.82. The minimum Gasteiger partial charge on any atom is -0.479 e. The average molecular weight is 264 g/mol. The van der Waals surface area contributed by atoms with Gasteiger partial charge in [-0.05, 0) is 20.1 Å². The van der Waals surface area contributed by atoms with Gasteiger partial charge >= 0.3 is 12.0 Å². The average Bonchev–Trinajstić information content (AvgIpc) is 2.27. The van der Waals surface area contributed by atoms with Crippen LogP contribution in [0.25, 0.3) is 0 Å². The summed E-state index contributed by atoms with van der Waals surface area (Å²) in [5.41, 5.74) is 0. The predicted octanol–water partition coefficient (Wildman–Crippen LogP) is 0.527. The molecule has 100 valence electrons. The Hall–Kier alpha value is -0.950. The molecule has 0 aromatic heterocycles. The Morgan fingerprint density at radius 2 is 2.00 bits per heavy atom. The highest BCUT2D eigenvalue weighted by atomic mass is 32.2. The monoisotopic (exact) mass is 264 g/mol. The minimum absolute atomic E-state index is 0.0508. The van der Waals surface area contributed by atoms with E-state index in [0.29, 0.717) is 6.54 Å². The van der Waals surface area contributed by atoms with Crippen molar-refractivity contribution in [3.8, 4) is 0 Å². The Morgan fingerprint density at radius 3 is 2.41 bits per heavy atom. The molecule has 0 aliphatic heterocycles. The van der Waals surface area contributed by atoms with Crippen LogP contribution in [0.1, 0.15) is 13.8 Å². The van der Waals surface area contributed by atoms with Gasteiger partial charge in [-0.25, -0.2) is 9.59 Å². The Balaban J connectivity index is 3.91. The molecule has 0 rings (SSSR count). The molecule has 0 aliphatic rings. The van der Waals surface area contributed by atoms with Crippen molar-refractivity contribution in [1.29, 1.82) is 0 Å². The number of nitrogens with one attached hydrogen (secondary N) is 2. The number of carbonyl (C=O) groups excluding carboxylic acids is 1. The molecule has 0 aromatic rings. The van der Waals surface area contributed by atoms with Gasteiger partial charge in [0.1, 0.15) is 0 Å². The third-order valence-electron chi connectivity index (χ3n) is 2.24. The first kappa shape index (κ1) is 16.1. The Bertz CT molecular complexity index is 271. The lowest BCUT2D eigenvalue weighted by Gasteiger charge is -2.22. The fourth-order valence-electron chi connectivity index (χ4n) is 0.885. The maximum Gasteiger partial charge on any atom is 0.334 e. The molecule has 0 saturated carbocycles. The first-order valence-corrected chi connectivity index (χ1v) is 6.37. The lowest BCUT2D eigenvalue weighted by molar-refractivity contribution is -0.147. The van der Waals surface area contributed by atoms with Crippen LogP contribution in [0, 0.1) is 0 Å². The van der Waals surface area contributed by atoms with Crippen LogP contribution in [0.4, 0.5) is 4.79 Å². The predicted molar refractivity (Wildman–Crippen MR) is 67.4 cm³/mol. The number of amides is 2. The number of urea groups is 1. The Labute approximate surface area is 105 Å². The second-order valence-corrected chi connectivity index (χ2v) is 5.60. The summed E-state index contributed by atoms with van der Waals surface area (Å²) in [5.74, 6) is -1.10. The molecule has 3 N–H and O–H groups in total. The van der Waals surface area contributed by atoms with Gasteiger partial charge in [0.25, 0.3) is 0 Å². The second-order valence-electron chi connectivity index (χ2n) is 4.09. The zero-order chi connectivity index (χ0) is 13.5. The van der Waals surface area contributed by atoms with E-state index in [1.54, 1.807) is 11.8 Å². The molecule has 7 heteroatoms. The summed E-state index contributed by atoms with van der Waals surface area (Å²) in [6.07, 6.45) is 0.944. The van der Waals surface area contributed by atoms with Gasteiger partial charge in [-0.1, -0.05) is 0 Å². The Morgan fingerprint density at radius 1 is 1.41 bits per heavy atom. The normalized spacial score (nSPS) is 12.9. The molecule has 0 bridgehead atoms. The summed E-state index contributed by atoms with van der Waals surface area (Å²) in [4.78, 5) is 22.0. The van der Waals surface area contributed by atoms with E-state index >= 15 is 0 Å². The molecule has 0 spiro atoms. The molecule has 0 radical (unpaired) electrons. The van der Waals surface area contributed by atoms with E-state index in [1.165, 1.54) is 7.11 Å². The lowest BCUT2D eigenvalue weighted by Crippen LogP contribution is -2.45. The highest BCUT2D eigenvalue weighted by Crippen LogP contribution is 2.19. The summed E-state index contributed by atoms with van der Waals surface area (Å²) in [6, 6.07) is -0.393. The zero-order valence-electron chi connectivity index (χ0n) is 10.6. The highest BCUT2D eigenvalue weighted by Gasteiger charge is 2.19. The minimum atomic E-state index is -1.10. The molecule has 1 atom stereocenters. The van der Waals surface area contributed by atoms with Crippen LogP contribution in [0.15, 0.2) is 0 Å².